The van der Waals surface area contributed by atoms with E-state index >= 15 is 0 Å². The van der Waals surface area contributed by atoms with Gasteiger partial charge in [0.15, 0.2) is 6.04 Å². The molecular weight excluding hydrogens is 306 g/mol. The van der Waals surface area contributed by atoms with Gasteiger partial charge in [0, 0.05) is 24.8 Å². The average molecular weight is 325 g/mol. The van der Waals surface area contributed by atoms with Gasteiger partial charge in [0.25, 0.3) is 0 Å². The van der Waals surface area contributed by atoms with E-state index < -0.39 is 6.04 Å². The number of benzene rings is 1. The lowest BCUT2D eigenvalue weighted by molar-refractivity contribution is -0.123. The van der Waals surface area contributed by atoms with Crippen molar-refractivity contribution in [1.82, 2.24) is 35.3 Å². The van der Waals surface area contributed by atoms with Crippen molar-refractivity contribution in [2.45, 2.75) is 26.4 Å². The SMILES string of the molecule is Cc1nn(C)c(C)c1CNC(=O)[C@H](c1ccccc1)n1cnnn1. The average Bonchev–Trinajstić information content (AvgIpc) is 3.17. The van der Waals surface area contributed by atoms with Gasteiger partial charge in [-0.05, 0) is 29.8 Å². The zero-order valence-electron chi connectivity index (χ0n) is 13.8. The Labute approximate surface area is 139 Å². The Morgan fingerprint density at radius 2 is 2.00 bits per heavy atom. The van der Waals surface area contributed by atoms with Crippen LogP contribution in [0.3, 0.4) is 0 Å². The molecule has 8 heteroatoms. The Balaban J connectivity index is 1.82. The quantitative estimate of drug-likeness (QED) is 0.753. The van der Waals surface area contributed by atoms with Crippen LogP contribution < -0.4 is 5.32 Å². The second kappa shape index (κ2) is 6.61. The summed E-state index contributed by atoms with van der Waals surface area (Å²) in [6.45, 7) is 4.33. The Bertz CT molecular complexity index is 824. The Hall–Kier alpha value is -3.03. The molecule has 0 saturated carbocycles. The first-order valence-electron chi connectivity index (χ1n) is 7.62. The van der Waals surface area contributed by atoms with Crippen molar-refractivity contribution in [2.75, 3.05) is 0 Å². The lowest BCUT2D eigenvalue weighted by atomic mass is 10.1. The zero-order chi connectivity index (χ0) is 17.1. The summed E-state index contributed by atoms with van der Waals surface area (Å²) in [6.07, 6.45) is 1.44. The van der Waals surface area contributed by atoms with E-state index in [0.717, 1.165) is 22.5 Å². The van der Waals surface area contributed by atoms with Crippen LogP contribution in [0, 0.1) is 13.8 Å². The van der Waals surface area contributed by atoms with Gasteiger partial charge in [0.1, 0.15) is 6.33 Å². The van der Waals surface area contributed by atoms with Crippen molar-refractivity contribution in [3.05, 3.63) is 59.2 Å². The summed E-state index contributed by atoms with van der Waals surface area (Å²) in [7, 11) is 1.89. The Morgan fingerprint density at radius 1 is 1.25 bits per heavy atom. The van der Waals surface area contributed by atoms with Gasteiger partial charge in [-0.3, -0.25) is 9.48 Å². The molecule has 1 N–H and O–H groups in total. The highest BCUT2D eigenvalue weighted by Crippen LogP contribution is 2.18. The fraction of sp³-hybridized carbons (Fsp3) is 0.312. The van der Waals surface area contributed by atoms with E-state index in [2.05, 4.69) is 25.9 Å². The molecule has 3 rings (SSSR count). The van der Waals surface area contributed by atoms with Crippen molar-refractivity contribution in [1.29, 1.82) is 0 Å². The van der Waals surface area contributed by atoms with Crippen LogP contribution in [0.15, 0.2) is 36.7 Å². The summed E-state index contributed by atoms with van der Waals surface area (Å²) >= 11 is 0. The number of nitrogens with zero attached hydrogens (tertiary/aromatic N) is 6. The summed E-state index contributed by atoms with van der Waals surface area (Å²) < 4.78 is 3.26. The molecule has 3 aromatic rings. The van der Waals surface area contributed by atoms with Crippen LogP contribution >= 0.6 is 0 Å². The fourth-order valence-electron chi connectivity index (χ4n) is 2.69. The molecule has 0 aliphatic carbocycles. The van der Waals surface area contributed by atoms with Crippen molar-refractivity contribution < 1.29 is 4.79 Å². The molecule has 0 radical (unpaired) electrons. The minimum Gasteiger partial charge on any atom is -0.350 e. The molecule has 0 aliphatic heterocycles. The normalized spacial score (nSPS) is 12.1. The van der Waals surface area contributed by atoms with Gasteiger partial charge in [-0.1, -0.05) is 30.3 Å². The summed E-state index contributed by atoms with van der Waals surface area (Å²) in [5.74, 6) is -0.170. The Morgan fingerprint density at radius 3 is 2.58 bits per heavy atom. The number of carbonyl (C=O) groups excluding carboxylic acids is 1. The highest BCUT2D eigenvalue weighted by atomic mass is 16.2. The van der Waals surface area contributed by atoms with E-state index in [0.29, 0.717) is 6.54 Å². The molecule has 0 aliphatic rings. The lowest BCUT2D eigenvalue weighted by Crippen LogP contribution is -2.33. The van der Waals surface area contributed by atoms with Crippen molar-refractivity contribution in [2.24, 2.45) is 7.05 Å². The number of rotatable bonds is 5. The van der Waals surface area contributed by atoms with E-state index in [4.69, 9.17) is 0 Å². The molecule has 24 heavy (non-hydrogen) atoms. The minimum absolute atomic E-state index is 0.170. The smallest absolute Gasteiger partial charge is 0.249 e. The number of hydrogen-bond acceptors (Lipinski definition) is 5. The van der Waals surface area contributed by atoms with E-state index in [1.807, 2.05) is 55.9 Å². The monoisotopic (exact) mass is 325 g/mol. The molecule has 0 bridgehead atoms. The van der Waals surface area contributed by atoms with Crippen LogP contribution in [-0.4, -0.2) is 35.9 Å². The second-order valence-electron chi connectivity index (χ2n) is 5.59. The van der Waals surface area contributed by atoms with E-state index in [1.165, 1.54) is 11.0 Å². The third-order valence-electron chi connectivity index (χ3n) is 4.09. The third kappa shape index (κ3) is 3.03. The molecule has 2 aromatic heterocycles. The summed E-state index contributed by atoms with van der Waals surface area (Å²) in [4.78, 5) is 12.8. The van der Waals surface area contributed by atoms with Crippen LogP contribution in [0.2, 0.25) is 0 Å². The number of nitrogens with one attached hydrogen (secondary N) is 1. The maximum Gasteiger partial charge on any atom is 0.249 e. The van der Waals surface area contributed by atoms with Gasteiger partial charge in [-0.2, -0.15) is 5.10 Å². The lowest BCUT2D eigenvalue weighted by Gasteiger charge is -2.16. The standard InChI is InChI=1S/C16H19N7O/c1-11-14(12(2)22(3)19-11)9-17-16(24)15(23-10-18-20-21-23)13-7-5-4-6-8-13/h4-8,10,15H,9H2,1-3H3,(H,17,24)/t15-/m0/s1. The molecule has 1 atom stereocenters. The van der Waals surface area contributed by atoms with Crippen molar-refractivity contribution >= 4 is 5.91 Å². The number of amides is 1. The number of carbonyl (C=O) groups is 1. The van der Waals surface area contributed by atoms with E-state index in [1.54, 1.807) is 0 Å². The van der Waals surface area contributed by atoms with Crippen LogP contribution in [-0.2, 0) is 18.4 Å². The van der Waals surface area contributed by atoms with Crippen molar-refractivity contribution in [3.63, 3.8) is 0 Å². The first-order valence-corrected chi connectivity index (χ1v) is 7.62. The molecule has 1 amide bonds. The van der Waals surface area contributed by atoms with Crippen LogP contribution in [0.1, 0.15) is 28.6 Å². The molecule has 124 valence electrons. The minimum atomic E-state index is -0.613. The molecule has 1 aromatic carbocycles. The highest BCUT2D eigenvalue weighted by molar-refractivity contribution is 5.83. The van der Waals surface area contributed by atoms with Gasteiger partial charge in [0.2, 0.25) is 5.91 Å². The van der Waals surface area contributed by atoms with Gasteiger partial charge in [-0.25, -0.2) is 4.68 Å². The molecule has 8 nitrogen and oxygen atoms in total. The van der Waals surface area contributed by atoms with Gasteiger partial charge >= 0.3 is 0 Å². The fourth-order valence-corrected chi connectivity index (χ4v) is 2.69. The maximum atomic E-state index is 12.8. The van der Waals surface area contributed by atoms with E-state index in [-0.39, 0.29) is 5.91 Å². The summed E-state index contributed by atoms with van der Waals surface area (Å²) in [6, 6.07) is 8.82. The van der Waals surface area contributed by atoms with Gasteiger partial charge in [0.05, 0.1) is 5.69 Å². The topological polar surface area (TPSA) is 90.5 Å². The predicted octanol–water partition coefficient (Wildman–Crippen LogP) is 0.929. The van der Waals surface area contributed by atoms with Gasteiger partial charge in [-0.15, -0.1) is 5.10 Å². The Kier molecular flexibility index (Phi) is 4.37. The summed E-state index contributed by atoms with van der Waals surface area (Å²) in [5, 5.41) is 18.5. The first-order chi connectivity index (χ1) is 11.6. The zero-order valence-corrected chi connectivity index (χ0v) is 13.8. The molecule has 0 saturated heterocycles. The molecule has 0 fully saturated rings. The molecule has 2 heterocycles. The number of aryl methyl sites for hydroxylation is 2. The van der Waals surface area contributed by atoms with Crippen LogP contribution in [0.25, 0.3) is 0 Å². The first kappa shape index (κ1) is 15.9. The predicted molar refractivity (Wildman–Crippen MR) is 86.9 cm³/mol. The van der Waals surface area contributed by atoms with Crippen LogP contribution in [0.4, 0.5) is 0 Å². The summed E-state index contributed by atoms with van der Waals surface area (Å²) in [5.41, 5.74) is 3.79. The number of aromatic nitrogens is 6. The van der Waals surface area contributed by atoms with E-state index in [9.17, 15) is 4.79 Å². The maximum absolute atomic E-state index is 12.8. The highest BCUT2D eigenvalue weighted by Gasteiger charge is 2.24. The largest absolute Gasteiger partial charge is 0.350 e. The molecule has 0 unspecified atom stereocenters. The second-order valence-corrected chi connectivity index (χ2v) is 5.59. The number of hydrogen-bond donors (Lipinski definition) is 1. The van der Waals surface area contributed by atoms with Crippen molar-refractivity contribution in [3.8, 4) is 0 Å². The van der Waals surface area contributed by atoms with Gasteiger partial charge < -0.3 is 5.32 Å². The molecule has 0 spiro atoms. The number of tetrazole rings is 1. The third-order valence-corrected chi connectivity index (χ3v) is 4.09. The van der Waals surface area contributed by atoms with Crippen LogP contribution in [0.5, 0.6) is 0 Å². The molecular formula is C16H19N7O.